The zero-order valence-electron chi connectivity index (χ0n) is 13.6. The number of thioether (sulfide) groups is 1. The van der Waals surface area contributed by atoms with E-state index in [9.17, 15) is 9.90 Å². The van der Waals surface area contributed by atoms with Crippen LogP contribution in [0, 0.1) is 0 Å². The second kappa shape index (κ2) is 7.38. The van der Waals surface area contributed by atoms with Gasteiger partial charge in [0.2, 0.25) is 0 Å². The largest absolute Gasteiger partial charge is 0.392 e. The average Bonchev–Trinajstić information content (AvgIpc) is 3.23. The lowest BCUT2D eigenvalue weighted by molar-refractivity contribution is 0.119. The normalized spacial score (nSPS) is 17.1. The fourth-order valence-corrected chi connectivity index (χ4v) is 3.59. The topological polar surface area (TPSA) is 52.6 Å². The lowest BCUT2D eigenvalue weighted by Crippen LogP contribution is -2.48. The Labute approximate surface area is 137 Å². The molecule has 5 heteroatoms. The summed E-state index contributed by atoms with van der Waals surface area (Å²) in [4.78, 5) is 15.3. The van der Waals surface area contributed by atoms with Gasteiger partial charge >= 0.3 is 6.03 Å². The molecule has 1 aromatic rings. The minimum absolute atomic E-state index is 0.0755. The van der Waals surface area contributed by atoms with E-state index in [0.717, 1.165) is 12.8 Å². The molecule has 122 valence electrons. The fourth-order valence-electron chi connectivity index (χ4n) is 2.34. The Morgan fingerprint density at radius 3 is 2.45 bits per heavy atom. The van der Waals surface area contributed by atoms with Crippen molar-refractivity contribution in [2.45, 2.75) is 55.4 Å². The number of rotatable bonds is 7. The molecule has 2 amide bonds. The van der Waals surface area contributed by atoms with Gasteiger partial charge in [0.15, 0.2) is 0 Å². The number of aliphatic hydroxyl groups excluding tert-OH is 1. The van der Waals surface area contributed by atoms with Gasteiger partial charge in [0.05, 0.1) is 6.10 Å². The molecule has 1 fully saturated rings. The zero-order chi connectivity index (χ0) is 16.2. The molecule has 0 spiro atoms. The van der Waals surface area contributed by atoms with Gasteiger partial charge in [-0.2, -0.15) is 0 Å². The number of carbonyl (C=O) groups excluding carboxylic acids is 1. The maximum atomic E-state index is 12.3. The summed E-state index contributed by atoms with van der Waals surface area (Å²) in [5, 5.41) is 12.6. The number of hydrogen-bond donors (Lipinski definition) is 2. The molecule has 1 unspecified atom stereocenters. The van der Waals surface area contributed by atoms with Crippen LogP contribution in [0.25, 0.3) is 0 Å². The van der Waals surface area contributed by atoms with Crippen molar-refractivity contribution in [1.29, 1.82) is 0 Å². The molecule has 4 nitrogen and oxygen atoms in total. The standard InChI is InChI=1S/C17H26N2O2S/c1-13(2)19(11-14(3)20)16(21)18-12-17(9-10-17)22-15-7-5-4-6-8-15/h4-8,13-14,20H,9-12H2,1-3H3,(H,18,21). The summed E-state index contributed by atoms with van der Waals surface area (Å²) in [6, 6.07) is 10.3. The van der Waals surface area contributed by atoms with E-state index < -0.39 is 6.10 Å². The minimum Gasteiger partial charge on any atom is -0.392 e. The van der Waals surface area contributed by atoms with Gasteiger partial charge < -0.3 is 15.3 Å². The van der Waals surface area contributed by atoms with Crippen molar-refractivity contribution < 1.29 is 9.90 Å². The van der Waals surface area contributed by atoms with Gasteiger partial charge in [-0.1, -0.05) is 18.2 Å². The molecule has 2 rings (SSSR count). The highest BCUT2D eigenvalue weighted by Crippen LogP contribution is 2.51. The molecule has 0 aromatic heterocycles. The minimum atomic E-state index is -0.512. The quantitative estimate of drug-likeness (QED) is 0.811. The molecular weight excluding hydrogens is 296 g/mol. The van der Waals surface area contributed by atoms with Crippen molar-refractivity contribution >= 4 is 17.8 Å². The van der Waals surface area contributed by atoms with Crippen LogP contribution in [-0.4, -0.2) is 46.0 Å². The van der Waals surface area contributed by atoms with Gasteiger partial charge in [-0.3, -0.25) is 0 Å². The summed E-state index contributed by atoms with van der Waals surface area (Å²) in [6.07, 6.45) is 1.75. The van der Waals surface area contributed by atoms with Crippen molar-refractivity contribution in [2.75, 3.05) is 13.1 Å². The molecule has 1 aromatic carbocycles. The number of hydrogen-bond acceptors (Lipinski definition) is 3. The summed E-state index contributed by atoms with van der Waals surface area (Å²) in [5.74, 6) is 0. The van der Waals surface area contributed by atoms with Crippen LogP contribution in [0.3, 0.4) is 0 Å². The maximum absolute atomic E-state index is 12.3. The zero-order valence-corrected chi connectivity index (χ0v) is 14.4. The predicted molar refractivity (Wildman–Crippen MR) is 91.2 cm³/mol. The third-order valence-electron chi connectivity index (χ3n) is 3.79. The van der Waals surface area contributed by atoms with Crippen molar-refractivity contribution in [3.63, 3.8) is 0 Å². The number of nitrogens with zero attached hydrogens (tertiary/aromatic N) is 1. The first-order valence-corrected chi connectivity index (χ1v) is 8.70. The second-order valence-electron chi connectivity index (χ2n) is 6.35. The Hall–Kier alpha value is -1.20. The van der Waals surface area contributed by atoms with Gasteiger partial charge in [-0.05, 0) is 45.7 Å². The van der Waals surface area contributed by atoms with E-state index in [1.165, 1.54) is 4.90 Å². The van der Waals surface area contributed by atoms with E-state index in [1.807, 2.05) is 43.8 Å². The molecule has 0 radical (unpaired) electrons. The van der Waals surface area contributed by atoms with Crippen LogP contribution in [0.5, 0.6) is 0 Å². The van der Waals surface area contributed by atoms with Crippen LogP contribution in [0.1, 0.15) is 33.6 Å². The van der Waals surface area contributed by atoms with E-state index in [4.69, 9.17) is 0 Å². The molecular formula is C17H26N2O2S. The van der Waals surface area contributed by atoms with Crippen molar-refractivity contribution in [1.82, 2.24) is 10.2 Å². The van der Waals surface area contributed by atoms with Crippen LogP contribution in [0.4, 0.5) is 4.79 Å². The van der Waals surface area contributed by atoms with Gasteiger partial charge in [-0.15, -0.1) is 11.8 Å². The summed E-state index contributed by atoms with van der Waals surface area (Å²) in [6.45, 7) is 6.67. The Kier molecular flexibility index (Phi) is 5.75. The molecule has 1 atom stereocenters. The molecule has 0 aliphatic heterocycles. The van der Waals surface area contributed by atoms with Crippen LogP contribution in [0.15, 0.2) is 35.2 Å². The summed E-state index contributed by atoms with van der Waals surface area (Å²) < 4.78 is 0.143. The van der Waals surface area contributed by atoms with E-state index in [-0.39, 0.29) is 16.8 Å². The molecule has 0 saturated heterocycles. The predicted octanol–water partition coefficient (Wildman–Crippen LogP) is 3.11. The second-order valence-corrected chi connectivity index (χ2v) is 7.89. The lowest BCUT2D eigenvalue weighted by Gasteiger charge is -2.29. The summed E-state index contributed by atoms with van der Waals surface area (Å²) in [7, 11) is 0. The number of benzene rings is 1. The van der Waals surface area contributed by atoms with Crippen molar-refractivity contribution in [2.24, 2.45) is 0 Å². The summed E-state index contributed by atoms with van der Waals surface area (Å²) in [5.41, 5.74) is 0. The van der Waals surface area contributed by atoms with Gasteiger partial charge in [0.1, 0.15) is 0 Å². The van der Waals surface area contributed by atoms with Crippen LogP contribution < -0.4 is 5.32 Å². The monoisotopic (exact) mass is 322 g/mol. The molecule has 22 heavy (non-hydrogen) atoms. The number of nitrogens with one attached hydrogen (secondary N) is 1. The smallest absolute Gasteiger partial charge is 0.317 e. The molecule has 1 aliphatic rings. The van der Waals surface area contributed by atoms with Gasteiger partial charge in [0, 0.05) is 28.8 Å². The van der Waals surface area contributed by atoms with Crippen molar-refractivity contribution in [3.8, 4) is 0 Å². The first kappa shape index (κ1) is 17.2. The fraction of sp³-hybridized carbons (Fsp3) is 0.588. The van der Waals surface area contributed by atoms with E-state index in [0.29, 0.717) is 13.1 Å². The Bertz CT molecular complexity index is 487. The van der Waals surface area contributed by atoms with Crippen LogP contribution >= 0.6 is 11.8 Å². The van der Waals surface area contributed by atoms with Gasteiger partial charge in [0.25, 0.3) is 0 Å². The molecule has 0 heterocycles. The Balaban J connectivity index is 1.87. The molecule has 2 N–H and O–H groups in total. The van der Waals surface area contributed by atoms with Gasteiger partial charge in [-0.25, -0.2) is 4.79 Å². The number of aliphatic hydroxyl groups is 1. The number of carbonyl (C=O) groups is 1. The Morgan fingerprint density at radius 1 is 1.32 bits per heavy atom. The van der Waals surface area contributed by atoms with E-state index in [2.05, 4.69) is 17.4 Å². The number of amides is 2. The summed E-state index contributed by atoms with van der Waals surface area (Å²) >= 11 is 1.85. The highest BCUT2D eigenvalue weighted by atomic mass is 32.2. The molecule has 1 saturated carbocycles. The van der Waals surface area contributed by atoms with E-state index in [1.54, 1.807) is 11.8 Å². The lowest BCUT2D eigenvalue weighted by atomic mass is 10.3. The Morgan fingerprint density at radius 2 is 1.95 bits per heavy atom. The van der Waals surface area contributed by atoms with Crippen LogP contribution in [0.2, 0.25) is 0 Å². The first-order valence-electron chi connectivity index (χ1n) is 7.88. The van der Waals surface area contributed by atoms with Crippen molar-refractivity contribution in [3.05, 3.63) is 30.3 Å². The van der Waals surface area contributed by atoms with Crippen LogP contribution in [-0.2, 0) is 0 Å². The molecule has 0 bridgehead atoms. The molecule has 1 aliphatic carbocycles. The number of urea groups is 1. The third-order valence-corrected chi connectivity index (χ3v) is 5.29. The average molecular weight is 322 g/mol. The SMILES string of the molecule is CC(O)CN(C(=O)NCC1(Sc2ccccc2)CC1)C(C)C. The van der Waals surface area contributed by atoms with E-state index >= 15 is 0 Å². The highest BCUT2D eigenvalue weighted by molar-refractivity contribution is 8.01. The first-order chi connectivity index (χ1) is 10.4. The highest BCUT2D eigenvalue weighted by Gasteiger charge is 2.44. The maximum Gasteiger partial charge on any atom is 0.317 e. The third kappa shape index (κ3) is 4.92.